The van der Waals surface area contributed by atoms with Crippen molar-refractivity contribution in [2.45, 2.75) is 47.0 Å². The van der Waals surface area contributed by atoms with Gasteiger partial charge in [-0.25, -0.2) is 0 Å². The molecule has 14 heavy (non-hydrogen) atoms. The van der Waals surface area contributed by atoms with E-state index >= 15 is 0 Å². The third-order valence-corrected chi connectivity index (χ3v) is 5.56. The van der Waals surface area contributed by atoms with Crippen molar-refractivity contribution < 1.29 is 0 Å². The summed E-state index contributed by atoms with van der Waals surface area (Å²) >= 11 is 5.79. The van der Waals surface area contributed by atoms with Gasteiger partial charge in [0, 0.05) is 5.33 Å². The molecule has 0 aromatic carbocycles. The Kier molecular flexibility index (Phi) is 8.51. The molecule has 0 amide bonds. The SMILES string of the molecule is CCC(CC)(CBr)CSCCC(C)C. The van der Waals surface area contributed by atoms with Crippen molar-refractivity contribution in [3.05, 3.63) is 0 Å². The van der Waals surface area contributed by atoms with E-state index in [2.05, 4.69) is 55.4 Å². The quantitative estimate of drug-likeness (QED) is 0.447. The van der Waals surface area contributed by atoms with Crippen LogP contribution in [0.4, 0.5) is 0 Å². The Morgan fingerprint density at radius 2 is 1.79 bits per heavy atom. The molecule has 0 bridgehead atoms. The van der Waals surface area contributed by atoms with Gasteiger partial charge in [0.2, 0.25) is 0 Å². The first-order valence-corrected chi connectivity index (χ1v) is 8.01. The highest BCUT2D eigenvalue weighted by Gasteiger charge is 2.24. The van der Waals surface area contributed by atoms with E-state index in [0.717, 1.165) is 11.2 Å². The predicted molar refractivity (Wildman–Crippen MR) is 73.6 cm³/mol. The van der Waals surface area contributed by atoms with E-state index in [4.69, 9.17) is 0 Å². The van der Waals surface area contributed by atoms with Crippen molar-refractivity contribution in [3.63, 3.8) is 0 Å². The molecule has 86 valence electrons. The molecule has 0 aliphatic rings. The van der Waals surface area contributed by atoms with Crippen LogP contribution in [-0.2, 0) is 0 Å². The molecule has 0 fully saturated rings. The van der Waals surface area contributed by atoms with Crippen molar-refractivity contribution in [1.82, 2.24) is 0 Å². The fraction of sp³-hybridized carbons (Fsp3) is 1.00. The summed E-state index contributed by atoms with van der Waals surface area (Å²) in [5.41, 5.74) is 0.543. The van der Waals surface area contributed by atoms with Gasteiger partial charge in [-0.15, -0.1) is 0 Å². The topological polar surface area (TPSA) is 0 Å². The molecule has 0 unspecified atom stereocenters. The third kappa shape index (κ3) is 5.65. The molecule has 0 aromatic heterocycles. The first-order valence-electron chi connectivity index (χ1n) is 5.74. The van der Waals surface area contributed by atoms with Crippen LogP contribution in [0.1, 0.15) is 47.0 Å². The van der Waals surface area contributed by atoms with E-state index in [1.165, 1.54) is 30.8 Å². The minimum atomic E-state index is 0.543. The maximum Gasteiger partial charge on any atom is 0.00956 e. The lowest BCUT2D eigenvalue weighted by Crippen LogP contribution is -2.24. The number of thioether (sulfide) groups is 1. The number of alkyl halides is 1. The average molecular weight is 281 g/mol. The summed E-state index contributed by atoms with van der Waals surface area (Å²) < 4.78 is 0. The number of rotatable bonds is 8. The van der Waals surface area contributed by atoms with Crippen LogP contribution in [0, 0.1) is 11.3 Å². The molecule has 0 N–H and O–H groups in total. The summed E-state index contributed by atoms with van der Waals surface area (Å²) in [6.45, 7) is 9.23. The highest BCUT2D eigenvalue weighted by Crippen LogP contribution is 2.33. The van der Waals surface area contributed by atoms with Gasteiger partial charge in [0.05, 0.1) is 0 Å². The highest BCUT2D eigenvalue weighted by molar-refractivity contribution is 9.09. The molecular weight excluding hydrogens is 256 g/mol. The molecule has 2 heteroatoms. The second-order valence-corrected chi connectivity index (χ2v) is 6.24. The van der Waals surface area contributed by atoms with Gasteiger partial charge in [-0.3, -0.25) is 0 Å². The van der Waals surface area contributed by atoms with E-state index in [0.29, 0.717) is 5.41 Å². The van der Waals surface area contributed by atoms with Gasteiger partial charge in [0.25, 0.3) is 0 Å². The molecule has 0 aromatic rings. The summed E-state index contributed by atoms with van der Waals surface area (Å²) in [6.07, 6.45) is 3.95. The van der Waals surface area contributed by atoms with Crippen LogP contribution < -0.4 is 0 Å². The van der Waals surface area contributed by atoms with Crippen molar-refractivity contribution in [3.8, 4) is 0 Å². The molecule has 0 radical (unpaired) electrons. The van der Waals surface area contributed by atoms with Gasteiger partial charge >= 0.3 is 0 Å². The first-order chi connectivity index (χ1) is 6.60. The lowest BCUT2D eigenvalue weighted by atomic mass is 9.87. The number of hydrogen-bond acceptors (Lipinski definition) is 1. The van der Waals surface area contributed by atoms with Crippen LogP contribution in [0.15, 0.2) is 0 Å². The maximum absolute atomic E-state index is 3.66. The van der Waals surface area contributed by atoms with Crippen LogP contribution in [0.2, 0.25) is 0 Å². The first kappa shape index (κ1) is 14.8. The minimum Gasteiger partial charge on any atom is -0.161 e. The van der Waals surface area contributed by atoms with Gasteiger partial charge in [-0.1, -0.05) is 43.6 Å². The summed E-state index contributed by atoms with van der Waals surface area (Å²) in [5, 5.41) is 1.15. The molecule has 0 aliphatic heterocycles. The summed E-state index contributed by atoms with van der Waals surface area (Å²) in [6, 6.07) is 0. The van der Waals surface area contributed by atoms with E-state index in [-0.39, 0.29) is 0 Å². The molecule has 0 rings (SSSR count). The van der Waals surface area contributed by atoms with E-state index in [1.54, 1.807) is 0 Å². The van der Waals surface area contributed by atoms with Gasteiger partial charge < -0.3 is 0 Å². The Hall–Kier alpha value is 0.830. The molecular formula is C12H25BrS. The van der Waals surface area contributed by atoms with Crippen molar-refractivity contribution in [2.75, 3.05) is 16.8 Å². The lowest BCUT2D eigenvalue weighted by molar-refractivity contribution is 0.359. The predicted octanol–water partition coefficient (Wildman–Crippen LogP) is 4.97. The van der Waals surface area contributed by atoms with Crippen molar-refractivity contribution in [2.24, 2.45) is 11.3 Å². The number of hydrogen-bond donors (Lipinski definition) is 0. The highest BCUT2D eigenvalue weighted by atomic mass is 79.9. The Morgan fingerprint density at radius 1 is 1.21 bits per heavy atom. The molecule has 0 heterocycles. The van der Waals surface area contributed by atoms with Crippen LogP contribution in [0.5, 0.6) is 0 Å². The normalized spacial score (nSPS) is 12.4. The summed E-state index contributed by atoms with van der Waals surface area (Å²) in [5.74, 6) is 3.49. The van der Waals surface area contributed by atoms with E-state index < -0.39 is 0 Å². The Morgan fingerprint density at radius 3 is 2.14 bits per heavy atom. The largest absolute Gasteiger partial charge is 0.161 e. The van der Waals surface area contributed by atoms with E-state index in [9.17, 15) is 0 Å². The van der Waals surface area contributed by atoms with Gasteiger partial charge in [-0.2, -0.15) is 11.8 Å². The molecule has 0 spiro atoms. The molecule has 0 saturated carbocycles. The lowest BCUT2D eigenvalue weighted by Gasteiger charge is -2.29. The van der Waals surface area contributed by atoms with Crippen LogP contribution in [-0.4, -0.2) is 16.8 Å². The molecule has 0 atom stereocenters. The Labute approximate surface area is 103 Å². The monoisotopic (exact) mass is 280 g/mol. The Bertz CT molecular complexity index is 122. The summed E-state index contributed by atoms with van der Waals surface area (Å²) in [4.78, 5) is 0. The molecule has 0 saturated heterocycles. The second kappa shape index (κ2) is 8.04. The Balaban J connectivity index is 3.71. The minimum absolute atomic E-state index is 0.543. The maximum atomic E-state index is 3.66. The fourth-order valence-corrected chi connectivity index (χ4v) is 4.27. The van der Waals surface area contributed by atoms with Crippen LogP contribution in [0.25, 0.3) is 0 Å². The molecule has 0 nitrogen and oxygen atoms in total. The van der Waals surface area contributed by atoms with Gasteiger partial charge in [0.15, 0.2) is 0 Å². The smallest absolute Gasteiger partial charge is 0.00956 e. The fourth-order valence-electron chi connectivity index (χ4n) is 1.29. The van der Waals surface area contributed by atoms with Gasteiger partial charge in [0.1, 0.15) is 0 Å². The third-order valence-electron chi connectivity index (χ3n) is 3.03. The van der Waals surface area contributed by atoms with Crippen molar-refractivity contribution >= 4 is 27.7 Å². The van der Waals surface area contributed by atoms with Crippen molar-refractivity contribution in [1.29, 1.82) is 0 Å². The summed E-state index contributed by atoms with van der Waals surface area (Å²) in [7, 11) is 0. The standard InChI is InChI=1S/C12H25BrS/c1-5-12(6-2,9-13)10-14-8-7-11(3)4/h11H,5-10H2,1-4H3. The zero-order valence-electron chi connectivity index (χ0n) is 10.1. The average Bonchev–Trinajstić information content (AvgIpc) is 2.19. The molecule has 0 aliphatic carbocycles. The van der Waals surface area contributed by atoms with Crippen LogP contribution in [0.3, 0.4) is 0 Å². The second-order valence-electron chi connectivity index (χ2n) is 4.58. The zero-order valence-corrected chi connectivity index (χ0v) is 12.5. The van der Waals surface area contributed by atoms with E-state index in [1.807, 2.05) is 0 Å². The zero-order chi connectivity index (χ0) is 11.0. The number of halogens is 1. The van der Waals surface area contributed by atoms with Gasteiger partial charge in [-0.05, 0) is 42.1 Å². The van der Waals surface area contributed by atoms with Crippen LogP contribution >= 0.6 is 27.7 Å².